The van der Waals surface area contributed by atoms with E-state index in [1.807, 2.05) is 6.92 Å². The molecular weight excluding hydrogens is 428 g/mol. The van der Waals surface area contributed by atoms with E-state index in [4.69, 9.17) is 4.74 Å². The van der Waals surface area contributed by atoms with E-state index in [9.17, 15) is 24.3 Å². The molecule has 0 bridgehead atoms. The maximum atomic E-state index is 12.5. The van der Waals surface area contributed by atoms with E-state index in [0.717, 1.165) is 9.91 Å². The first-order valence-corrected chi connectivity index (χ1v) is 10.9. The van der Waals surface area contributed by atoms with Crippen LogP contribution in [0.5, 0.6) is 0 Å². The van der Waals surface area contributed by atoms with Gasteiger partial charge in [0.1, 0.15) is 28.7 Å². The van der Waals surface area contributed by atoms with E-state index in [0.29, 0.717) is 9.91 Å². The quantitative estimate of drug-likeness (QED) is 0.341. The molecule has 1 aromatic rings. The molecule has 1 fully saturated rings. The predicted molar refractivity (Wildman–Crippen MR) is 102 cm³/mol. The smallest absolute Gasteiger partial charge is 0.352 e. The molecule has 0 aromatic carbocycles. The van der Waals surface area contributed by atoms with Gasteiger partial charge in [-0.3, -0.25) is 19.3 Å². The van der Waals surface area contributed by atoms with E-state index in [1.54, 1.807) is 0 Å². The van der Waals surface area contributed by atoms with Gasteiger partial charge in [-0.05, 0) is 6.92 Å². The molecule has 10 nitrogen and oxygen atoms in total. The standard InChI is InChI=1S/C15H16N4O6S3/c1-6-17-18-15(28-6)27-5-9(21)16-10-12(22)19-11(14(23)24)8(3-25-7(2)20)4-26-13(10)19/h10,13H,3-5H2,1-2H3,(H,16,21)(H,23,24)/t10-,13-/m1/s1. The van der Waals surface area contributed by atoms with Crippen molar-refractivity contribution in [3.05, 3.63) is 16.3 Å². The molecule has 13 heteroatoms. The number of hydrogen-bond acceptors (Lipinski definition) is 10. The summed E-state index contributed by atoms with van der Waals surface area (Å²) in [5.74, 6) is -2.28. The second kappa shape index (κ2) is 8.49. The molecule has 1 aromatic heterocycles. The Bertz CT molecular complexity index is 870. The van der Waals surface area contributed by atoms with Gasteiger partial charge in [0.25, 0.3) is 5.91 Å². The van der Waals surface area contributed by atoms with Crippen molar-refractivity contribution in [1.82, 2.24) is 20.4 Å². The number of aliphatic carboxylic acids is 1. The molecule has 2 N–H and O–H groups in total. The Balaban J connectivity index is 1.62. The minimum absolute atomic E-state index is 0.0785. The largest absolute Gasteiger partial charge is 0.477 e. The third kappa shape index (κ3) is 4.31. The molecule has 0 unspecified atom stereocenters. The molecule has 28 heavy (non-hydrogen) atoms. The maximum Gasteiger partial charge on any atom is 0.352 e. The Morgan fingerprint density at radius 2 is 2.14 bits per heavy atom. The van der Waals surface area contributed by atoms with E-state index in [2.05, 4.69) is 15.5 Å². The number of aryl methyl sites for hydroxylation is 1. The molecule has 0 saturated carbocycles. The van der Waals surface area contributed by atoms with Gasteiger partial charge in [-0.15, -0.1) is 22.0 Å². The number of thioether (sulfide) groups is 2. The van der Waals surface area contributed by atoms with Crippen LogP contribution in [0.15, 0.2) is 15.6 Å². The normalized spacial score (nSPS) is 21.1. The maximum absolute atomic E-state index is 12.5. The number of nitrogens with zero attached hydrogens (tertiary/aromatic N) is 3. The predicted octanol–water partition coefficient (Wildman–Crippen LogP) is 0.240. The number of fused-ring (bicyclic) bond motifs is 1. The van der Waals surface area contributed by atoms with Crippen LogP contribution in [-0.2, 0) is 23.9 Å². The number of hydrogen-bond donors (Lipinski definition) is 2. The van der Waals surface area contributed by atoms with Gasteiger partial charge in [-0.1, -0.05) is 23.1 Å². The number of aromatic nitrogens is 2. The van der Waals surface area contributed by atoms with Crippen molar-refractivity contribution in [2.75, 3.05) is 18.1 Å². The highest BCUT2D eigenvalue weighted by Gasteiger charge is 2.54. The zero-order chi connectivity index (χ0) is 20.4. The Morgan fingerprint density at radius 3 is 2.75 bits per heavy atom. The number of nitrogens with one attached hydrogen (secondary N) is 1. The Hall–Kier alpha value is -2.12. The van der Waals surface area contributed by atoms with Crippen molar-refractivity contribution in [2.24, 2.45) is 0 Å². The average Bonchev–Trinajstić information content (AvgIpc) is 3.06. The van der Waals surface area contributed by atoms with Crippen molar-refractivity contribution < 1.29 is 29.0 Å². The van der Waals surface area contributed by atoms with Crippen LogP contribution in [0.3, 0.4) is 0 Å². The summed E-state index contributed by atoms with van der Waals surface area (Å²) in [6.07, 6.45) is 0. The zero-order valence-corrected chi connectivity index (χ0v) is 17.3. The number of esters is 1. The summed E-state index contributed by atoms with van der Waals surface area (Å²) in [5.41, 5.74) is 0.170. The van der Waals surface area contributed by atoms with Crippen LogP contribution in [0.1, 0.15) is 11.9 Å². The van der Waals surface area contributed by atoms with Gasteiger partial charge < -0.3 is 15.2 Å². The van der Waals surface area contributed by atoms with Gasteiger partial charge >= 0.3 is 11.9 Å². The summed E-state index contributed by atoms with van der Waals surface area (Å²) in [6.45, 7) is 2.85. The van der Waals surface area contributed by atoms with Crippen LogP contribution in [0.25, 0.3) is 0 Å². The summed E-state index contributed by atoms with van der Waals surface area (Å²) in [7, 11) is 0. The molecule has 0 spiro atoms. The fourth-order valence-electron chi connectivity index (χ4n) is 2.66. The lowest BCUT2D eigenvalue weighted by Gasteiger charge is -2.49. The summed E-state index contributed by atoms with van der Waals surface area (Å²) in [4.78, 5) is 48.4. The molecule has 2 aliphatic heterocycles. The second-order valence-corrected chi connectivity index (χ2v) is 9.38. The van der Waals surface area contributed by atoms with Gasteiger partial charge in [0.15, 0.2) is 4.34 Å². The molecule has 1 saturated heterocycles. The summed E-state index contributed by atoms with van der Waals surface area (Å²) in [5, 5.41) is 20.2. The van der Waals surface area contributed by atoms with E-state index < -0.39 is 29.3 Å². The van der Waals surface area contributed by atoms with E-state index in [-0.39, 0.29) is 29.7 Å². The monoisotopic (exact) mass is 444 g/mol. The van der Waals surface area contributed by atoms with Gasteiger partial charge in [-0.2, -0.15) is 0 Å². The number of carbonyl (C=O) groups excluding carboxylic acids is 3. The van der Waals surface area contributed by atoms with Crippen LogP contribution >= 0.6 is 34.9 Å². The van der Waals surface area contributed by atoms with Crippen molar-refractivity contribution in [1.29, 1.82) is 0 Å². The fourth-order valence-corrected chi connectivity index (χ4v) is 5.62. The van der Waals surface area contributed by atoms with Crippen molar-refractivity contribution in [3.63, 3.8) is 0 Å². The van der Waals surface area contributed by atoms with E-state index >= 15 is 0 Å². The fraction of sp³-hybridized carbons (Fsp3) is 0.467. The minimum Gasteiger partial charge on any atom is -0.477 e. The molecule has 150 valence electrons. The Morgan fingerprint density at radius 1 is 1.39 bits per heavy atom. The number of ether oxygens (including phenoxy) is 1. The Kier molecular flexibility index (Phi) is 6.25. The molecule has 3 rings (SSSR count). The number of carboxylic acids is 1. The number of β-lactam (4-membered cyclic amide) rings is 1. The van der Waals surface area contributed by atoms with Gasteiger partial charge in [0.05, 0.1) is 5.75 Å². The minimum atomic E-state index is -1.27. The summed E-state index contributed by atoms with van der Waals surface area (Å²) >= 11 is 3.91. The highest BCUT2D eigenvalue weighted by Crippen LogP contribution is 2.40. The molecule has 2 amide bonds. The topological polar surface area (TPSA) is 139 Å². The molecule has 2 atom stereocenters. The molecular formula is C15H16N4O6S3. The van der Waals surface area contributed by atoms with Crippen LogP contribution in [0.2, 0.25) is 0 Å². The summed E-state index contributed by atoms with van der Waals surface area (Å²) in [6, 6.07) is -0.793. The van der Waals surface area contributed by atoms with Crippen LogP contribution < -0.4 is 5.32 Å². The third-order valence-electron chi connectivity index (χ3n) is 3.85. The lowest BCUT2D eigenvalue weighted by molar-refractivity contribution is -0.150. The molecule has 0 radical (unpaired) electrons. The number of carboxylic acid groups (broad SMARTS) is 1. The lowest BCUT2D eigenvalue weighted by Crippen LogP contribution is -2.70. The first-order valence-electron chi connectivity index (χ1n) is 8.03. The van der Waals surface area contributed by atoms with Gasteiger partial charge in [0, 0.05) is 18.2 Å². The molecule has 3 heterocycles. The first-order chi connectivity index (χ1) is 13.3. The van der Waals surface area contributed by atoms with Crippen molar-refractivity contribution in [2.45, 2.75) is 29.6 Å². The molecule has 2 aliphatic rings. The van der Waals surface area contributed by atoms with Gasteiger partial charge in [-0.25, -0.2) is 4.79 Å². The Labute approximate surface area is 172 Å². The lowest BCUT2D eigenvalue weighted by atomic mass is 10.0. The van der Waals surface area contributed by atoms with Gasteiger partial charge in [0.2, 0.25) is 5.91 Å². The number of amides is 2. The highest BCUT2D eigenvalue weighted by atomic mass is 32.2. The van der Waals surface area contributed by atoms with Crippen molar-refractivity contribution >= 4 is 58.6 Å². The van der Waals surface area contributed by atoms with E-state index in [1.165, 1.54) is 41.8 Å². The summed E-state index contributed by atoms with van der Waals surface area (Å²) < 4.78 is 5.54. The van der Waals surface area contributed by atoms with Crippen LogP contribution in [0, 0.1) is 6.92 Å². The number of carbonyl (C=O) groups is 4. The SMILES string of the molecule is CC(=O)OCC1=C(C(=O)O)N2C(=O)[C@@H](NC(=O)CSc3nnc(C)s3)[C@H]2SC1. The molecule has 0 aliphatic carbocycles. The zero-order valence-electron chi connectivity index (χ0n) is 14.8. The highest BCUT2D eigenvalue weighted by molar-refractivity contribution is 8.01. The average molecular weight is 445 g/mol. The second-order valence-electron chi connectivity index (χ2n) is 5.87. The first kappa shape index (κ1) is 20.6. The van der Waals surface area contributed by atoms with Crippen LogP contribution in [-0.4, -0.2) is 73.5 Å². The van der Waals surface area contributed by atoms with Crippen molar-refractivity contribution in [3.8, 4) is 0 Å². The third-order valence-corrected chi connectivity index (χ3v) is 7.16. The number of rotatable bonds is 7. The van der Waals surface area contributed by atoms with Crippen LogP contribution in [0.4, 0.5) is 0 Å².